The van der Waals surface area contributed by atoms with Crippen LogP contribution in [0.15, 0.2) is 30.3 Å². The first-order chi connectivity index (χ1) is 11.2. The van der Waals surface area contributed by atoms with E-state index in [1.54, 1.807) is 17.6 Å². The Bertz CT molecular complexity index is 873. The number of phenolic OH excluding ortho intramolecular Hbond substituents is 1. The maximum Gasteiger partial charge on any atom is 0.262 e. The summed E-state index contributed by atoms with van der Waals surface area (Å²) in [7, 11) is 0. The zero-order valence-electron chi connectivity index (χ0n) is 12.7. The number of aryl methyl sites for hydroxylation is 1. The molecule has 2 aromatic heterocycles. The van der Waals surface area contributed by atoms with E-state index in [0.717, 1.165) is 23.9 Å². The summed E-state index contributed by atoms with van der Waals surface area (Å²) in [5, 5.41) is 22.7. The number of pyridine rings is 1. The quantitative estimate of drug-likeness (QED) is 0.427. The molecular weight excluding hydrogens is 296 g/mol. The monoisotopic (exact) mass is 314 g/mol. The van der Waals surface area contributed by atoms with Gasteiger partial charge in [0.25, 0.3) is 5.91 Å². The van der Waals surface area contributed by atoms with E-state index < -0.39 is 5.91 Å². The van der Waals surface area contributed by atoms with E-state index in [1.807, 2.05) is 22.6 Å². The van der Waals surface area contributed by atoms with Gasteiger partial charge in [0.1, 0.15) is 17.2 Å². The molecule has 1 amide bonds. The molecule has 0 spiro atoms. The molecule has 1 aromatic carbocycles. The van der Waals surface area contributed by atoms with Crippen LogP contribution in [-0.4, -0.2) is 32.2 Å². The molecule has 0 unspecified atom stereocenters. The van der Waals surface area contributed by atoms with Crippen LogP contribution in [0.1, 0.15) is 19.0 Å². The van der Waals surface area contributed by atoms with E-state index in [0.29, 0.717) is 17.0 Å². The van der Waals surface area contributed by atoms with Gasteiger partial charge in [-0.05, 0) is 24.6 Å². The number of carbonyl (C=O) groups excluding carboxylic acids is 1. The number of nitrogens with zero attached hydrogens (tertiary/aromatic N) is 2. The van der Waals surface area contributed by atoms with E-state index in [4.69, 9.17) is 5.21 Å². The average Bonchev–Trinajstić information content (AvgIpc) is 2.91. The lowest BCUT2D eigenvalue weighted by molar-refractivity contribution is -0.127. The van der Waals surface area contributed by atoms with Gasteiger partial charge in [-0.15, -0.1) is 0 Å². The largest absolute Gasteiger partial charge is 0.506 e. The predicted octanol–water partition coefficient (Wildman–Crippen LogP) is 2.06. The van der Waals surface area contributed by atoms with Crippen molar-refractivity contribution in [3.8, 4) is 5.75 Å². The number of imidazole rings is 1. The van der Waals surface area contributed by atoms with Gasteiger partial charge in [0.2, 0.25) is 0 Å². The predicted molar refractivity (Wildman–Crippen MR) is 86.8 cm³/mol. The summed E-state index contributed by atoms with van der Waals surface area (Å²) in [6.45, 7) is 1.97. The molecule has 23 heavy (non-hydrogen) atoms. The number of hydrogen-bond acceptors (Lipinski definition) is 5. The summed E-state index contributed by atoms with van der Waals surface area (Å²) in [6, 6.07) is 9.14. The Kier molecular flexibility index (Phi) is 4.03. The molecule has 0 saturated carbocycles. The summed E-state index contributed by atoms with van der Waals surface area (Å²) in [5.74, 6) is 0.214. The minimum Gasteiger partial charge on any atom is -0.506 e. The lowest BCUT2D eigenvalue weighted by Crippen LogP contribution is -2.27. The Hall–Kier alpha value is -2.80. The third kappa shape index (κ3) is 2.66. The molecule has 0 aliphatic heterocycles. The zero-order chi connectivity index (χ0) is 16.4. The molecule has 2 heterocycles. The molecule has 120 valence electrons. The van der Waals surface area contributed by atoms with Crippen LogP contribution >= 0.6 is 0 Å². The van der Waals surface area contributed by atoms with Gasteiger partial charge >= 0.3 is 0 Å². The molecule has 0 atom stereocenters. The third-order valence-corrected chi connectivity index (χ3v) is 3.71. The molecule has 4 N–H and O–H groups in total. The van der Waals surface area contributed by atoms with Crippen LogP contribution in [0.3, 0.4) is 0 Å². The number of benzene rings is 1. The first-order valence-corrected chi connectivity index (χ1v) is 7.44. The van der Waals surface area contributed by atoms with Gasteiger partial charge in [0.05, 0.1) is 17.8 Å². The number of carbonyl (C=O) groups is 1. The number of nitrogens with one attached hydrogen (secondary N) is 2. The first kappa shape index (κ1) is 15.1. The van der Waals surface area contributed by atoms with Crippen molar-refractivity contribution in [1.82, 2.24) is 14.9 Å². The van der Waals surface area contributed by atoms with Crippen LogP contribution in [0.25, 0.3) is 16.6 Å². The number of fused-ring (bicyclic) bond motifs is 3. The van der Waals surface area contributed by atoms with Crippen molar-refractivity contribution in [2.24, 2.45) is 0 Å². The number of para-hydroxylation sites is 1. The van der Waals surface area contributed by atoms with E-state index in [1.165, 1.54) is 0 Å². The Morgan fingerprint density at radius 1 is 1.30 bits per heavy atom. The van der Waals surface area contributed by atoms with Crippen molar-refractivity contribution in [3.05, 3.63) is 36.0 Å². The summed E-state index contributed by atoms with van der Waals surface area (Å²) < 4.78 is 1.91. The Morgan fingerprint density at radius 2 is 2.13 bits per heavy atom. The van der Waals surface area contributed by atoms with Crippen LogP contribution in [-0.2, 0) is 11.2 Å². The number of aromatic hydroxyl groups is 1. The van der Waals surface area contributed by atoms with Crippen LogP contribution in [0.4, 0.5) is 5.82 Å². The van der Waals surface area contributed by atoms with Crippen molar-refractivity contribution in [2.45, 2.75) is 19.8 Å². The third-order valence-electron chi connectivity index (χ3n) is 3.71. The van der Waals surface area contributed by atoms with Crippen molar-refractivity contribution < 1.29 is 15.1 Å². The van der Waals surface area contributed by atoms with Gasteiger partial charge < -0.3 is 10.4 Å². The van der Waals surface area contributed by atoms with E-state index in [9.17, 15) is 9.90 Å². The van der Waals surface area contributed by atoms with Gasteiger partial charge in [-0.1, -0.05) is 25.5 Å². The van der Waals surface area contributed by atoms with Crippen LogP contribution in [0.2, 0.25) is 0 Å². The molecule has 0 bridgehead atoms. The number of phenols is 1. The highest BCUT2D eigenvalue weighted by Crippen LogP contribution is 2.30. The van der Waals surface area contributed by atoms with Crippen LogP contribution in [0.5, 0.6) is 5.75 Å². The number of hydrogen-bond donors (Lipinski definition) is 4. The van der Waals surface area contributed by atoms with Gasteiger partial charge in [-0.25, -0.2) is 10.5 Å². The summed E-state index contributed by atoms with van der Waals surface area (Å²) in [4.78, 5) is 15.7. The second-order valence-electron chi connectivity index (χ2n) is 5.29. The standard InChI is InChI=1S/C16H18N4O3/c1-2-4-11-16(17-9-14(22)19-23)18-13-8-7-10-5-3-6-12(21)15(10)20(11)13/h3,5-8,17,21,23H,2,4,9H2,1H3,(H,19,22). The molecule has 0 fully saturated rings. The Morgan fingerprint density at radius 3 is 2.87 bits per heavy atom. The highest BCUT2D eigenvalue weighted by Gasteiger charge is 2.16. The van der Waals surface area contributed by atoms with Crippen molar-refractivity contribution in [1.29, 1.82) is 0 Å². The zero-order valence-corrected chi connectivity index (χ0v) is 12.7. The average molecular weight is 314 g/mol. The molecule has 7 nitrogen and oxygen atoms in total. The number of anilines is 1. The lowest BCUT2D eigenvalue weighted by Gasteiger charge is -2.09. The molecule has 0 saturated heterocycles. The highest BCUT2D eigenvalue weighted by molar-refractivity contribution is 5.88. The number of rotatable bonds is 5. The molecule has 0 aliphatic rings. The highest BCUT2D eigenvalue weighted by atomic mass is 16.5. The maximum absolute atomic E-state index is 11.2. The van der Waals surface area contributed by atoms with Crippen LogP contribution < -0.4 is 10.8 Å². The first-order valence-electron chi connectivity index (χ1n) is 7.44. The fraction of sp³-hybridized carbons (Fsp3) is 0.250. The normalized spacial score (nSPS) is 11.0. The van der Waals surface area contributed by atoms with Gasteiger partial charge in [0.15, 0.2) is 0 Å². The number of amides is 1. The summed E-state index contributed by atoms with van der Waals surface area (Å²) in [5.41, 5.74) is 3.86. The van der Waals surface area contributed by atoms with E-state index >= 15 is 0 Å². The molecule has 3 aromatic rings. The number of hydroxylamine groups is 1. The van der Waals surface area contributed by atoms with Gasteiger partial charge in [-0.3, -0.25) is 14.4 Å². The minimum atomic E-state index is -0.544. The molecule has 3 rings (SSSR count). The molecule has 7 heteroatoms. The molecule has 0 radical (unpaired) electrons. The van der Waals surface area contributed by atoms with Gasteiger partial charge in [0, 0.05) is 5.39 Å². The maximum atomic E-state index is 11.2. The Balaban J connectivity index is 2.20. The SMILES string of the molecule is CCCc1c(NCC(=O)NO)nc2ccc3cccc(O)c3n12. The molecular formula is C16H18N4O3. The lowest BCUT2D eigenvalue weighted by atomic mass is 10.2. The van der Waals surface area contributed by atoms with Gasteiger partial charge in [-0.2, -0.15) is 0 Å². The fourth-order valence-corrected chi connectivity index (χ4v) is 2.74. The fourth-order valence-electron chi connectivity index (χ4n) is 2.74. The van der Waals surface area contributed by atoms with Crippen LogP contribution in [0, 0.1) is 0 Å². The van der Waals surface area contributed by atoms with Crippen molar-refractivity contribution in [3.63, 3.8) is 0 Å². The Labute approximate surface area is 132 Å². The second kappa shape index (κ2) is 6.13. The minimum absolute atomic E-state index is 0.0823. The summed E-state index contributed by atoms with van der Waals surface area (Å²) >= 11 is 0. The second-order valence-corrected chi connectivity index (χ2v) is 5.29. The summed E-state index contributed by atoms with van der Waals surface area (Å²) in [6.07, 6.45) is 1.62. The topological polar surface area (TPSA) is 98.9 Å². The van der Waals surface area contributed by atoms with E-state index in [-0.39, 0.29) is 12.3 Å². The van der Waals surface area contributed by atoms with Crippen molar-refractivity contribution >= 4 is 28.3 Å². The smallest absolute Gasteiger partial charge is 0.262 e. The van der Waals surface area contributed by atoms with E-state index in [2.05, 4.69) is 17.2 Å². The molecule has 0 aliphatic carbocycles. The van der Waals surface area contributed by atoms with Crippen molar-refractivity contribution in [2.75, 3.05) is 11.9 Å². The number of aromatic nitrogens is 2.